The summed E-state index contributed by atoms with van der Waals surface area (Å²) in [5.74, 6) is -1.58. The van der Waals surface area contributed by atoms with Gasteiger partial charge >= 0.3 is 12.5 Å². The SMILES string of the molecule is O=C(O)NC1CCN(C(=O)C(c2ccc(OC(F)(F)F)cc2)C2(O)CCC2)CC1. The van der Waals surface area contributed by atoms with E-state index in [1.165, 1.54) is 12.1 Å². The summed E-state index contributed by atoms with van der Waals surface area (Å²) in [7, 11) is 0. The van der Waals surface area contributed by atoms with Crippen molar-refractivity contribution in [1.82, 2.24) is 10.2 Å². The third kappa shape index (κ3) is 5.11. The number of alkyl halides is 3. The fourth-order valence-electron chi connectivity index (χ4n) is 3.97. The van der Waals surface area contributed by atoms with Gasteiger partial charge in [-0.1, -0.05) is 12.1 Å². The quantitative estimate of drug-likeness (QED) is 0.686. The van der Waals surface area contributed by atoms with Crippen molar-refractivity contribution >= 4 is 12.0 Å². The molecule has 0 aromatic heterocycles. The molecule has 2 aliphatic rings. The van der Waals surface area contributed by atoms with E-state index in [2.05, 4.69) is 10.1 Å². The van der Waals surface area contributed by atoms with Gasteiger partial charge in [-0.15, -0.1) is 13.2 Å². The van der Waals surface area contributed by atoms with E-state index in [1.807, 2.05) is 0 Å². The molecule has 3 rings (SSSR count). The first-order valence-corrected chi connectivity index (χ1v) is 9.44. The van der Waals surface area contributed by atoms with Gasteiger partial charge in [-0.05, 0) is 49.8 Å². The lowest BCUT2D eigenvalue weighted by Crippen LogP contribution is -2.53. The van der Waals surface area contributed by atoms with E-state index in [1.54, 1.807) is 4.90 Å². The van der Waals surface area contributed by atoms with E-state index in [4.69, 9.17) is 5.11 Å². The van der Waals surface area contributed by atoms with Crippen molar-refractivity contribution in [2.45, 2.75) is 56.0 Å². The molecule has 1 aliphatic carbocycles. The van der Waals surface area contributed by atoms with Crippen molar-refractivity contribution in [3.63, 3.8) is 0 Å². The molecule has 1 saturated carbocycles. The molecule has 7 nitrogen and oxygen atoms in total. The molecule has 1 aromatic rings. The standard InChI is InChI=1S/C19H23F3N2O5/c20-19(21,22)29-14-4-2-12(3-5-14)15(18(28)8-1-9-18)16(25)24-10-6-13(7-11-24)23-17(26)27/h2-5,13,15,23,28H,1,6-11H2,(H,26,27). The summed E-state index contributed by atoms with van der Waals surface area (Å²) in [6.07, 6.45) is -3.37. The highest BCUT2D eigenvalue weighted by Crippen LogP contribution is 2.45. The maximum absolute atomic E-state index is 13.2. The van der Waals surface area contributed by atoms with Crippen LogP contribution in [0.4, 0.5) is 18.0 Å². The molecule has 0 spiro atoms. The first kappa shape index (κ1) is 21.2. The molecular formula is C19H23F3N2O5. The second-order valence-corrected chi connectivity index (χ2v) is 7.56. The van der Waals surface area contributed by atoms with Crippen molar-refractivity contribution in [2.75, 3.05) is 13.1 Å². The zero-order chi connectivity index (χ0) is 21.2. The minimum Gasteiger partial charge on any atom is -0.465 e. The zero-order valence-electron chi connectivity index (χ0n) is 15.6. The number of aliphatic hydroxyl groups is 1. The predicted molar refractivity (Wildman–Crippen MR) is 95.4 cm³/mol. The molecular weight excluding hydrogens is 393 g/mol. The van der Waals surface area contributed by atoms with Gasteiger partial charge in [0.15, 0.2) is 0 Å². The Morgan fingerprint density at radius 3 is 2.21 bits per heavy atom. The monoisotopic (exact) mass is 416 g/mol. The van der Waals surface area contributed by atoms with Gasteiger partial charge in [-0.25, -0.2) is 4.79 Å². The van der Waals surface area contributed by atoms with Crippen LogP contribution in [-0.4, -0.2) is 58.2 Å². The van der Waals surface area contributed by atoms with Crippen molar-refractivity contribution in [3.8, 4) is 5.75 Å². The van der Waals surface area contributed by atoms with E-state index in [0.717, 1.165) is 18.6 Å². The number of hydrogen-bond acceptors (Lipinski definition) is 4. The number of likely N-dealkylation sites (tertiary alicyclic amines) is 1. The van der Waals surface area contributed by atoms with Crippen molar-refractivity contribution in [3.05, 3.63) is 29.8 Å². The molecule has 10 heteroatoms. The fourth-order valence-corrected chi connectivity index (χ4v) is 3.97. The fraction of sp³-hybridized carbons (Fsp3) is 0.579. The van der Waals surface area contributed by atoms with Crippen LogP contribution >= 0.6 is 0 Å². The van der Waals surface area contributed by atoms with Gasteiger partial charge < -0.3 is 25.2 Å². The number of carboxylic acid groups (broad SMARTS) is 1. The summed E-state index contributed by atoms with van der Waals surface area (Å²) >= 11 is 0. The Kier molecular flexibility index (Phi) is 5.92. The number of benzene rings is 1. The van der Waals surface area contributed by atoms with Crippen LogP contribution in [-0.2, 0) is 4.79 Å². The molecule has 29 heavy (non-hydrogen) atoms. The smallest absolute Gasteiger partial charge is 0.465 e. The van der Waals surface area contributed by atoms with E-state index in [-0.39, 0.29) is 11.9 Å². The van der Waals surface area contributed by atoms with Crippen LogP contribution in [0.15, 0.2) is 24.3 Å². The van der Waals surface area contributed by atoms with Crippen LogP contribution in [0, 0.1) is 0 Å². The Morgan fingerprint density at radius 2 is 1.76 bits per heavy atom. The third-order valence-electron chi connectivity index (χ3n) is 5.58. The number of hydrogen-bond donors (Lipinski definition) is 3. The molecule has 0 bridgehead atoms. The second kappa shape index (κ2) is 8.10. The van der Waals surface area contributed by atoms with Crippen LogP contribution in [0.1, 0.15) is 43.6 Å². The Bertz CT molecular complexity index is 741. The van der Waals surface area contributed by atoms with Crippen LogP contribution in [0.25, 0.3) is 0 Å². The summed E-state index contributed by atoms with van der Waals surface area (Å²) in [6, 6.07) is 4.78. The summed E-state index contributed by atoms with van der Waals surface area (Å²) in [5, 5.41) is 22.1. The number of nitrogens with one attached hydrogen (secondary N) is 1. The van der Waals surface area contributed by atoms with Gasteiger partial charge in [0.25, 0.3) is 0 Å². The minimum absolute atomic E-state index is 0.236. The van der Waals surface area contributed by atoms with Crippen molar-refractivity contribution in [2.24, 2.45) is 0 Å². The van der Waals surface area contributed by atoms with Gasteiger partial charge in [0.05, 0.1) is 11.5 Å². The molecule has 2 amide bonds. The largest absolute Gasteiger partial charge is 0.573 e. The Labute approximate surface area is 165 Å². The highest BCUT2D eigenvalue weighted by Gasteiger charge is 2.48. The van der Waals surface area contributed by atoms with E-state index >= 15 is 0 Å². The van der Waals surface area contributed by atoms with E-state index < -0.39 is 29.7 Å². The lowest BCUT2D eigenvalue weighted by molar-refractivity contribution is -0.274. The van der Waals surface area contributed by atoms with Crippen LogP contribution in [0.3, 0.4) is 0 Å². The highest BCUT2D eigenvalue weighted by atomic mass is 19.4. The average Bonchev–Trinajstić information content (AvgIpc) is 2.60. The molecule has 2 fully saturated rings. The Balaban J connectivity index is 1.74. The number of nitrogens with zero attached hydrogens (tertiary/aromatic N) is 1. The molecule has 1 atom stereocenters. The molecule has 1 heterocycles. The third-order valence-corrected chi connectivity index (χ3v) is 5.58. The summed E-state index contributed by atoms with van der Waals surface area (Å²) in [6.45, 7) is 0.678. The summed E-state index contributed by atoms with van der Waals surface area (Å²) < 4.78 is 41.0. The zero-order valence-corrected chi connectivity index (χ0v) is 15.6. The predicted octanol–water partition coefficient (Wildman–Crippen LogP) is 2.84. The molecule has 160 valence electrons. The van der Waals surface area contributed by atoms with E-state index in [9.17, 15) is 27.9 Å². The molecule has 1 saturated heterocycles. The Morgan fingerprint density at radius 1 is 1.17 bits per heavy atom. The van der Waals surface area contributed by atoms with Crippen molar-refractivity contribution in [1.29, 1.82) is 0 Å². The van der Waals surface area contributed by atoms with Crippen LogP contribution in [0.2, 0.25) is 0 Å². The lowest BCUT2D eigenvalue weighted by atomic mass is 9.68. The summed E-state index contributed by atoms with van der Waals surface area (Å²) in [5.41, 5.74) is -0.808. The number of amides is 2. The summed E-state index contributed by atoms with van der Waals surface area (Å²) in [4.78, 5) is 25.5. The molecule has 1 unspecified atom stereocenters. The Hall–Kier alpha value is -2.49. The van der Waals surface area contributed by atoms with Gasteiger partial charge in [0.2, 0.25) is 5.91 Å². The normalized spacial score (nSPS) is 20.5. The number of ether oxygens (including phenoxy) is 1. The van der Waals surface area contributed by atoms with Gasteiger partial charge in [0, 0.05) is 19.1 Å². The van der Waals surface area contributed by atoms with Crippen molar-refractivity contribution < 1.29 is 37.7 Å². The average molecular weight is 416 g/mol. The molecule has 0 radical (unpaired) electrons. The van der Waals surface area contributed by atoms with Crippen LogP contribution < -0.4 is 10.1 Å². The van der Waals surface area contributed by atoms with Gasteiger partial charge in [-0.2, -0.15) is 0 Å². The lowest BCUT2D eigenvalue weighted by Gasteiger charge is -2.45. The second-order valence-electron chi connectivity index (χ2n) is 7.56. The first-order valence-electron chi connectivity index (χ1n) is 9.44. The van der Waals surface area contributed by atoms with Gasteiger partial charge in [-0.3, -0.25) is 4.79 Å². The maximum Gasteiger partial charge on any atom is 0.573 e. The molecule has 3 N–H and O–H groups in total. The maximum atomic E-state index is 13.2. The topological polar surface area (TPSA) is 99.1 Å². The highest BCUT2D eigenvalue weighted by molar-refractivity contribution is 5.85. The number of halogens is 3. The molecule has 1 aromatic carbocycles. The van der Waals surface area contributed by atoms with Gasteiger partial charge in [0.1, 0.15) is 5.75 Å². The minimum atomic E-state index is -4.81. The first-order chi connectivity index (χ1) is 13.6. The number of carbonyl (C=O) groups is 2. The number of rotatable bonds is 5. The molecule has 1 aliphatic heterocycles. The number of piperidine rings is 1. The van der Waals surface area contributed by atoms with E-state index in [0.29, 0.717) is 44.3 Å². The number of carbonyl (C=O) groups excluding carboxylic acids is 1. The van der Waals surface area contributed by atoms with Crippen LogP contribution in [0.5, 0.6) is 5.75 Å².